The fourth-order valence-corrected chi connectivity index (χ4v) is 3.25. The van der Waals surface area contributed by atoms with Crippen LogP contribution in [0.4, 0.5) is 0 Å². The smallest absolute Gasteiger partial charge is 0.148 e. The summed E-state index contributed by atoms with van der Waals surface area (Å²) in [5.41, 5.74) is 2.86. The van der Waals surface area contributed by atoms with E-state index in [0.717, 1.165) is 21.7 Å². The zero-order valence-electron chi connectivity index (χ0n) is 10.2. The van der Waals surface area contributed by atoms with Gasteiger partial charge in [0, 0.05) is 10.6 Å². The van der Waals surface area contributed by atoms with Crippen molar-refractivity contribution in [3.05, 3.63) is 53.6 Å². The molecule has 20 heavy (non-hydrogen) atoms. The number of phenolic OH excluding ortho intramolecular Hbond substituents is 1. The lowest BCUT2D eigenvalue weighted by atomic mass is 10.1. The van der Waals surface area contributed by atoms with Gasteiger partial charge < -0.3 is 5.11 Å². The molecule has 1 heterocycles. The highest BCUT2D eigenvalue weighted by Crippen LogP contribution is 2.38. The third kappa shape index (κ3) is 2.68. The maximum atomic E-state index is 9.38. The van der Waals surface area contributed by atoms with Gasteiger partial charge in [0.1, 0.15) is 10.1 Å². The molecule has 0 radical (unpaired) electrons. The summed E-state index contributed by atoms with van der Waals surface area (Å²) < 4.78 is 0.707. The number of thiol groups is 1. The Hall–Kier alpha value is -1.49. The third-order valence-electron chi connectivity index (χ3n) is 2.86. The van der Waals surface area contributed by atoms with Gasteiger partial charge in [-0.3, -0.25) is 0 Å². The Kier molecular flexibility index (Phi) is 3.70. The second kappa shape index (κ2) is 5.48. The van der Waals surface area contributed by atoms with Crippen LogP contribution in [0.3, 0.4) is 0 Å². The minimum Gasteiger partial charge on any atom is -0.508 e. The van der Waals surface area contributed by atoms with Gasteiger partial charge in [-0.1, -0.05) is 23.7 Å². The van der Waals surface area contributed by atoms with Crippen molar-refractivity contribution in [1.82, 2.24) is 4.98 Å². The van der Waals surface area contributed by atoms with E-state index in [9.17, 15) is 5.11 Å². The minimum absolute atomic E-state index is 0.239. The highest BCUT2D eigenvalue weighted by molar-refractivity contribution is 7.82. The Labute approximate surface area is 131 Å². The molecule has 5 heteroatoms. The van der Waals surface area contributed by atoms with E-state index in [2.05, 4.69) is 17.6 Å². The van der Waals surface area contributed by atoms with Gasteiger partial charge in [-0.2, -0.15) is 0 Å². The van der Waals surface area contributed by atoms with Crippen LogP contribution in [0, 0.1) is 0 Å². The molecule has 0 aliphatic carbocycles. The SMILES string of the molecule is Oc1ccc(-c2nc(S)sc2-c2ccc(Cl)cc2)cc1. The van der Waals surface area contributed by atoms with E-state index in [1.54, 1.807) is 12.1 Å². The lowest BCUT2D eigenvalue weighted by Crippen LogP contribution is -1.81. The van der Waals surface area contributed by atoms with Crippen molar-refractivity contribution < 1.29 is 5.11 Å². The van der Waals surface area contributed by atoms with Crippen LogP contribution in [-0.2, 0) is 0 Å². The maximum Gasteiger partial charge on any atom is 0.148 e. The van der Waals surface area contributed by atoms with Gasteiger partial charge in [0.25, 0.3) is 0 Å². The van der Waals surface area contributed by atoms with E-state index < -0.39 is 0 Å². The molecule has 0 unspecified atom stereocenters. The topological polar surface area (TPSA) is 33.1 Å². The van der Waals surface area contributed by atoms with Gasteiger partial charge in [-0.25, -0.2) is 4.98 Å². The largest absolute Gasteiger partial charge is 0.508 e. The maximum absolute atomic E-state index is 9.38. The molecule has 0 amide bonds. The van der Waals surface area contributed by atoms with Crippen LogP contribution in [-0.4, -0.2) is 10.1 Å². The highest BCUT2D eigenvalue weighted by Gasteiger charge is 2.13. The van der Waals surface area contributed by atoms with Crippen LogP contribution in [0.15, 0.2) is 52.9 Å². The quantitative estimate of drug-likeness (QED) is 0.642. The lowest BCUT2D eigenvalue weighted by Gasteiger charge is -2.03. The van der Waals surface area contributed by atoms with Gasteiger partial charge >= 0.3 is 0 Å². The number of phenols is 1. The first kappa shape index (κ1) is 13.5. The molecule has 1 N–H and O–H groups in total. The standard InChI is InChI=1S/C15H10ClNOS2/c16-11-5-1-10(2-6-11)14-13(17-15(19)20-14)9-3-7-12(18)8-4-9/h1-8,18H,(H,17,19). The van der Waals surface area contributed by atoms with E-state index >= 15 is 0 Å². The van der Waals surface area contributed by atoms with Gasteiger partial charge in [0.05, 0.1) is 10.6 Å². The number of benzene rings is 2. The normalized spacial score (nSPS) is 10.7. The Morgan fingerprint density at radius 3 is 2.20 bits per heavy atom. The van der Waals surface area contributed by atoms with Crippen molar-refractivity contribution in [3.8, 4) is 27.4 Å². The molecule has 1 aromatic heterocycles. The predicted octanol–water partition coefficient (Wildman–Crippen LogP) is 5.12. The summed E-state index contributed by atoms with van der Waals surface area (Å²) in [7, 11) is 0. The van der Waals surface area contributed by atoms with Crippen LogP contribution in [0.1, 0.15) is 0 Å². The van der Waals surface area contributed by atoms with Crippen molar-refractivity contribution in [1.29, 1.82) is 0 Å². The molecule has 0 atom stereocenters. The molecule has 2 nitrogen and oxygen atoms in total. The Morgan fingerprint density at radius 2 is 1.55 bits per heavy atom. The van der Waals surface area contributed by atoms with Gasteiger partial charge in [-0.05, 0) is 42.0 Å². The average Bonchev–Trinajstić information content (AvgIpc) is 2.82. The molecule has 0 saturated heterocycles. The zero-order valence-corrected chi connectivity index (χ0v) is 12.7. The van der Waals surface area contributed by atoms with Crippen LogP contribution >= 0.6 is 35.6 Å². The molecule has 0 aliphatic rings. The molecule has 3 aromatic rings. The second-order valence-corrected chi connectivity index (χ2v) is 6.39. The van der Waals surface area contributed by atoms with Crippen molar-refractivity contribution in [2.24, 2.45) is 0 Å². The summed E-state index contributed by atoms with van der Waals surface area (Å²) in [6.45, 7) is 0. The first-order valence-corrected chi connectivity index (χ1v) is 7.53. The predicted molar refractivity (Wildman–Crippen MR) is 86.9 cm³/mol. The third-order valence-corrected chi connectivity index (χ3v) is 4.40. The number of hydrogen-bond donors (Lipinski definition) is 2. The van der Waals surface area contributed by atoms with Gasteiger partial charge in [0.2, 0.25) is 0 Å². The number of hydrogen-bond acceptors (Lipinski definition) is 4. The number of nitrogens with zero attached hydrogens (tertiary/aromatic N) is 1. The van der Waals surface area contributed by atoms with E-state index in [1.807, 2.05) is 36.4 Å². The number of halogens is 1. The molecular weight excluding hydrogens is 310 g/mol. The van der Waals surface area contributed by atoms with Crippen molar-refractivity contribution >= 4 is 35.6 Å². The van der Waals surface area contributed by atoms with E-state index in [0.29, 0.717) is 9.36 Å². The number of aromatic hydroxyl groups is 1. The fraction of sp³-hybridized carbons (Fsp3) is 0. The van der Waals surface area contributed by atoms with Crippen molar-refractivity contribution in [3.63, 3.8) is 0 Å². The zero-order chi connectivity index (χ0) is 14.1. The monoisotopic (exact) mass is 319 g/mol. The molecule has 0 bridgehead atoms. The van der Waals surface area contributed by atoms with Crippen LogP contribution in [0.25, 0.3) is 21.7 Å². The summed E-state index contributed by atoms with van der Waals surface area (Å²) in [6, 6.07) is 14.6. The Bertz CT molecular complexity index is 673. The summed E-state index contributed by atoms with van der Waals surface area (Å²) in [5, 5.41) is 10.1. The van der Waals surface area contributed by atoms with Gasteiger partial charge in [-0.15, -0.1) is 24.0 Å². The molecule has 100 valence electrons. The van der Waals surface area contributed by atoms with Crippen molar-refractivity contribution in [2.45, 2.75) is 4.34 Å². The van der Waals surface area contributed by atoms with Crippen LogP contribution in [0.2, 0.25) is 5.02 Å². The van der Waals surface area contributed by atoms with Gasteiger partial charge in [0.15, 0.2) is 0 Å². The minimum atomic E-state index is 0.239. The Balaban J connectivity index is 2.12. The first-order chi connectivity index (χ1) is 9.63. The van der Waals surface area contributed by atoms with Crippen molar-refractivity contribution in [2.75, 3.05) is 0 Å². The molecule has 0 saturated carbocycles. The lowest BCUT2D eigenvalue weighted by molar-refractivity contribution is 0.475. The molecule has 3 rings (SSSR count). The molecule has 0 aliphatic heterocycles. The fourth-order valence-electron chi connectivity index (χ4n) is 1.92. The van der Waals surface area contributed by atoms with Crippen LogP contribution in [0.5, 0.6) is 5.75 Å². The molecule has 0 fully saturated rings. The molecule has 0 spiro atoms. The van der Waals surface area contributed by atoms with Crippen LogP contribution < -0.4 is 0 Å². The Morgan fingerprint density at radius 1 is 0.950 bits per heavy atom. The highest BCUT2D eigenvalue weighted by atomic mass is 35.5. The number of thiazole rings is 1. The molecule has 2 aromatic carbocycles. The summed E-state index contributed by atoms with van der Waals surface area (Å²) >= 11 is 11.8. The molecular formula is C15H10ClNOS2. The second-order valence-electron chi connectivity index (χ2n) is 4.23. The number of aromatic nitrogens is 1. The summed E-state index contributed by atoms with van der Waals surface area (Å²) in [4.78, 5) is 5.52. The summed E-state index contributed by atoms with van der Waals surface area (Å²) in [6.07, 6.45) is 0. The number of rotatable bonds is 2. The average molecular weight is 320 g/mol. The van der Waals surface area contributed by atoms with E-state index in [4.69, 9.17) is 11.6 Å². The van der Waals surface area contributed by atoms with E-state index in [-0.39, 0.29) is 5.75 Å². The van der Waals surface area contributed by atoms with E-state index in [1.165, 1.54) is 11.3 Å². The summed E-state index contributed by atoms with van der Waals surface area (Å²) in [5.74, 6) is 0.239. The first-order valence-electron chi connectivity index (χ1n) is 5.88.